The lowest BCUT2D eigenvalue weighted by Crippen LogP contribution is -2.52. The minimum absolute atomic E-state index is 0.0477. The third-order valence-electron chi connectivity index (χ3n) is 3.10. The molecule has 6 nitrogen and oxygen atoms in total. The largest absolute Gasteiger partial charge is 0.374 e. The summed E-state index contributed by atoms with van der Waals surface area (Å²) in [5.74, 6) is -1.22. The highest BCUT2D eigenvalue weighted by Gasteiger charge is 2.31. The van der Waals surface area contributed by atoms with Crippen LogP contribution in [0, 0.1) is 0 Å². The van der Waals surface area contributed by atoms with Gasteiger partial charge in [0.05, 0.1) is 0 Å². The molecule has 0 saturated carbocycles. The molecule has 0 radical (unpaired) electrons. The zero-order valence-electron chi connectivity index (χ0n) is 9.71. The molecule has 0 aromatic heterocycles. The van der Waals surface area contributed by atoms with Crippen molar-refractivity contribution in [2.24, 2.45) is 0 Å². The van der Waals surface area contributed by atoms with Crippen LogP contribution in [0.1, 0.15) is 26.2 Å². The minimum atomic E-state index is -0.754. The molecule has 0 spiro atoms. The van der Waals surface area contributed by atoms with Gasteiger partial charge in [0.2, 0.25) is 0 Å². The van der Waals surface area contributed by atoms with Gasteiger partial charge in [0.1, 0.15) is 5.57 Å². The van der Waals surface area contributed by atoms with E-state index in [0.29, 0.717) is 5.70 Å². The number of allylic oxidation sites excluding steroid dienone is 1. The Hall–Kier alpha value is -1.85. The Balaban J connectivity index is 2.25. The quantitative estimate of drug-likeness (QED) is 0.501. The van der Waals surface area contributed by atoms with Crippen LogP contribution >= 0.6 is 0 Å². The number of likely N-dealkylation sites (tertiary alicyclic amines) is 1. The molecule has 4 amide bonds. The Bertz CT molecular complexity index is 386. The lowest BCUT2D eigenvalue weighted by molar-refractivity contribution is -0.124. The lowest BCUT2D eigenvalue weighted by Gasteiger charge is -2.31. The Labute approximate surface area is 99.0 Å². The number of urea groups is 1. The van der Waals surface area contributed by atoms with Gasteiger partial charge < -0.3 is 4.90 Å². The maximum Gasteiger partial charge on any atom is 0.328 e. The number of amides is 4. The number of hydrogen-bond donors (Lipinski definition) is 2. The average Bonchev–Trinajstić information content (AvgIpc) is 2.28. The van der Waals surface area contributed by atoms with E-state index >= 15 is 0 Å². The second-order valence-electron chi connectivity index (χ2n) is 4.25. The van der Waals surface area contributed by atoms with Crippen molar-refractivity contribution < 1.29 is 14.4 Å². The summed E-state index contributed by atoms with van der Waals surface area (Å²) < 4.78 is 0. The molecule has 0 bridgehead atoms. The molecular formula is C11H15N3O3. The summed E-state index contributed by atoms with van der Waals surface area (Å²) in [6.45, 7) is 3.45. The monoisotopic (exact) mass is 237 g/mol. The number of hydrogen-bond acceptors (Lipinski definition) is 4. The molecule has 2 aliphatic rings. The maximum atomic E-state index is 11.6. The predicted octanol–water partition coefficient (Wildman–Crippen LogP) is 0.112. The van der Waals surface area contributed by atoms with E-state index in [1.165, 1.54) is 6.42 Å². The standard InChI is InChI=1S/C11H15N3O3/c1-7(14-5-3-2-4-6-14)8-9(15)12-11(17)13-10(8)16/h2-6H2,1H3,(H2,12,13,15,16,17). The lowest BCUT2D eigenvalue weighted by atomic mass is 10.1. The van der Waals surface area contributed by atoms with Gasteiger partial charge in [0.25, 0.3) is 11.8 Å². The van der Waals surface area contributed by atoms with Crippen molar-refractivity contribution >= 4 is 17.8 Å². The van der Waals surface area contributed by atoms with E-state index in [1.807, 2.05) is 4.90 Å². The van der Waals surface area contributed by atoms with Gasteiger partial charge in [-0.2, -0.15) is 0 Å². The van der Waals surface area contributed by atoms with E-state index in [-0.39, 0.29) is 5.57 Å². The molecule has 0 unspecified atom stereocenters. The molecule has 2 heterocycles. The molecule has 6 heteroatoms. The van der Waals surface area contributed by atoms with Gasteiger partial charge in [-0.15, -0.1) is 0 Å². The van der Waals surface area contributed by atoms with Crippen molar-refractivity contribution in [3.63, 3.8) is 0 Å². The summed E-state index contributed by atoms with van der Waals surface area (Å²) in [6, 6.07) is -0.754. The predicted molar refractivity (Wildman–Crippen MR) is 59.8 cm³/mol. The highest BCUT2D eigenvalue weighted by Crippen LogP contribution is 2.18. The summed E-state index contributed by atoms with van der Waals surface area (Å²) in [7, 11) is 0. The molecule has 92 valence electrons. The molecule has 0 aliphatic carbocycles. The molecule has 0 aromatic rings. The highest BCUT2D eigenvalue weighted by molar-refractivity contribution is 6.29. The van der Waals surface area contributed by atoms with Gasteiger partial charge >= 0.3 is 6.03 Å². The third-order valence-corrected chi connectivity index (χ3v) is 3.10. The van der Waals surface area contributed by atoms with Crippen LogP contribution in [0.2, 0.25) is 0 Å². The number of carbonyl (C=O) groups is 3. The van der Waals surface area contributed by atoms with Crippen molar-refractivity contribution in [2.45, 2.75) is 26.2 Å². The van der Waals surface area contributed by atoms with Gasteiger partial charge in [0.15, 0.2) is 0 Å². The van der Waals surface area contributed by atoms with Gasteiger partial charge in [-0.05, 0) is 26.2 Å². The number of nitrogens with zero attached hydrogens (tertiary/aromatic N) is 1. The van der Waals surface area contributed by atoms with Crippen molar-refractivity contribution in [1.29, 1.82) is 0 Å². The SMILES string of the molecule is CC(=C1C(=O)NC(=O)NC1=O)N1CCCCC1. The normalized spacial score (nSPS) is 21.1. The first kappa shape index (κ1) is 11.6. The van der Waals surface area contributed by atoms with Crippen LogP contribution in [0.15, 0.2) is 11.3 Å². The topological polar surface area (TPSA) is 78.5 Å². The molecule has 0 atom stereocenters. The molecule has 2 saturated heterocycles. The first-order valence-electron chi connectivity index (χ1n) is 5.72. The van der Waals surface area contributed by atoms with E-state index in [2.05, 4.69) is 10.6 Å². The summed E-state index contributed by atoms with van der Waals surface area (Å²) in [5.41, 5.74) is 0.693. The van der Waals surface area contributed by atoms with Gasteiger partial charge in [-0.25, -0.2) is 4.79 Å². The van der Waals surface area contributed by atoms with E-state index in [0.717, 1.165) is 25.9 Å². The van der Waals surface area contributed by atoms with Gasteiger partial charge in [-0.3, -0.25) is 20.2 Å². The molecule has 0 aromatic carbocycles. The van der Waals surface area contributed by atoms with Gasteiger partial charge in [0, 0.05) is 18.8 Å². The van der Waals surface area contributed by atoms with Crippen LogP contribution < -0.4 is 10.6 Å². The summed E-state index contributed by atoms with van der Waals surface area (Å²) >= 11 is 0. The van der Waals surface area contributed by atoms with E-state index < -0.39 is 17.8 Å². The number of rotatable bonds is 1. The molecular weight excluding hydrogens is 222 g/mol. The number of nitrogens with one attached hydrogen (secondary N) is 2. The molecule has 2 aliphatic heterocycles. The second kappa shape index (κ2) is 4.57. The summed E-state index contributed by atoms with van der Waals surface area (Å²) in [6.07, 6.45) is 3.30. The van der Waals surface area contributed by atoms with Crippen LogP contribution in [0.25, 0.3) is 0 Å². The van der Waals surface area contributed by atoms with Crippen LogP contribution in [-0.4, -0.2) is 35.8 Å². The van der Waals surface area contributed by atoms with Crippen LogP contribution in [0.3, 0.4) is 0 Å². The van der Waals surface area contributed by atoms with Crippen LogP contribution in [-0.2, 0) is 9.59 Å². The Morgan fingerprint density at radius 2 is 1.53 bits per heavy atom. The fourth-order valence-electron chi connectivity index (χ4n) is 2.18. The van der Waals surface area contributed by atoms with Crippen molar-refractivity contribution in [3.8, 4) is 0 Å². The van der Waals surface area contributed by atoms with Gasteiger partial charge in [-0.1, -0.05) is 0 Å². The van der Waals surface area contributed by atoms with Crippen LogP contribution in [0.4, 0.5) is 4.79 Å². The number of piperidine rings is 1. The maximum absolute atomic E-state index is 11.6. The Kier molecular flexibility index (Phi) is 3.12. The second-order valence-corrected chi connectivity index (χ2v) is 4.25. The first-order valence-corrected chi connectivity index (χ1v) is 5.72. The van der Waals surface area contributed by atoms with Crippen molar-refractivity contribution in [3.05, 3.63) is 11.3 Å². The Morgan fingerprint density at radius 1 is 1.00 bits per heavy atom. The smallest absolute Gasteiger partial charge is 0.328 e. The minimum Gasteiger partial charge on any atom is -0.374 e. The first-order chi connectivity index (χ1) is 8.09. The zero-order valence-corrected chi connectivity index (χ0v) is 9.71. The van der Waals surface area contributed by atoms with Crippen LogP contribution in [0.5, 0.6) is 0 Å². The summed E-state index contributed by atoms with van der Waals surface area (Å²) in [5, 5.41) is 4.17. The zero-order chi connectivity index (χ0) is 12.4. The van der Waals surface area contributed by atoms with Crippen molar-refractivity contribution in [1.82, 2.24) is 15.5 Å². The molecule has 2 rings (SSSR count). The molecule has 17 heavy (non-hydrogen) atoms. The fraction of sp³-hybridized carbons (Fsp3) is 0.545. The number of carbonyl (C=O) groups excluding carboxylic acids is 3. The van der Waals surface area contributed by atoms with Crippen molar-refractivity contribution in [2.75, 3.05) is 13.1 Å². The number of barbiturate groups is 1. The van der Waals surface area contributed by atoms with E-state index in [9.17, 15) is 14.4 Å². The van der Waals surface area contributed by atoms with E-state index in [1.54, 1.807) is 6.92 Å². The summed E-state index contributed by atoms with van der Waals surface area (Å²) in [4.78, 5) is 36.2. The molecule has 2 N–H and O–H groups in total. The number of imide groups is 2. The Morgan fingerprint density at radius 3 is 2.06 bits per heavy atom. The highest BCUT2D eigenvalue weighted by atomic mass is 16.2. The molecule has 2 fully saturated rings. The average molecular weight is 237 g/mol. The van der Waals surface area contributed by atoms with E-state index in [4.69, 9.17) is 0 Å². The fourth-order valence-corrected chi connectivity index (χ4v) is 2.18. The third kappa shape index (κ3) is 2.30.